The number of benzene rings is 3. The van der Waals surface area contributed by atoms with E-state index in [1.54, 1.807) is 42.5 Å². The summed E-state index contributed by atoms with van der Waals surface area (Å²) in [7, 11) is 1.22. The normalized spacial score (nSPS) is 12.4. The van der Waals surface area contributed by atoms with Gasteiger partial charge in [-0.15, -0.1) is 0 Å². The summed E-state index contributed by atoms with van der Waals surface area (Å²) in [4.78, 5) is 62.8. The molecule has 0 saturated carbocycles. The monoisotopic (exact) mass is 473 g/mol. The molecule has 2 N–H and O–H groups in total. The van der Waals surface area contributed by atoms with Crippen LogP contribution in [0.4, 0.5) is 5.69 Å². The number of hydrogen-bond acceptors (Lipinski definition) is 6. The van der Waals surface area contributed by atoms with Crippen molar-refractivity contribution in [2.75, 3.05) is 25.5 Å². The van der Waals surface area contributed by atoms with Crippen molar-refractivity contribution in [2.45, 2.75) is 12.8 Å². The second kappa shape index (κ2) is 10.2. The van der Waals surface area contributed by atoms with Crippen molar-refractivity contribution >= 4 is 46.1 Å². The minimum atomic E-state index is -0.575. The van der Waals surface area contributed by atoms with Crippen LogP contribution in [0.2, 0.25) is 0 Å². The maximum atomic E-state index is 12.9. The second-order valence-corrected chi connectivity index (χ2v) is 7.96. The molecule has 178 valence electrons. The fraction of sp³-hybridized carbons (Fsp3) is 0.192. The van der Waals surface area contributed by atoms with Crippen molar-refractivity contribution < 1.29 is 28.7 Å². The van der Waals surface area contributed by atoms with Crippen LogP contribution in [-0.2, 0) is 14.3 Å². The lowest BCUT2D eigenvalue weighted by Crippen LogP contribution is -2.41. The van der Waals surface area contributed by atoms with Gasteiger partial charge in [0.2, 0.25) is 5.91 Å². The lowest BCUT2D eigenvalue weighted by atomic mass is 9.94. The van der Waals surface area contributed by atoms with Crippen LogP contribution in [0.3, 0.4) is 0 Å². The Morgan fingerprint density at radius 2 is 1.57 bits per heavy atom. The summed E-state index contributed by atoms with van der Waals surface area (Å²) in [5, 5.41) is 6.63. The first-order chi connectivity index (χ1) is 16.9. The van der Waals surface area contributed by atoms with E-state index in [0.29, 0.717) is 22.2 Å². The van der Waals surface area contributed by atoms with Crippen molar-refractivity contribution in [3.05, 3.63) is 77.4 Å². The van der Waals surface area contributed by atoms with E-state index in [9.17, 15) is 24.0 Å². The molecule has 1 aliphatic rings. The molecule has 0 bridgehead atoms. The van der Waals surface area contributed by atoms with Gasteiger partial charge in [0.15, 0.2) is 0 Å². The third kappa shape index (κ3) is 5.03. The fourth-order valence-electron chi connectivity index (χ4n) is 3.97. The SMILES string of the molecule is COC(=O)CNC(=O)c1cccc(NC(=O)CCCN2C(=O)c3cccc4cccc(c34)C2=O)c1. The van der Waals surface area contributed by atoms with E-state index >= 15 is 0 Å². The first-order valence-electron chi connectivity index (χ1n) is 11.0. The number of imide groups is 1. The van der Waals surface area contributed by atoms with Gasteiger partial charge in [-0.05, 0) is 42.1 Å². The van der Waals surface area contributed by atoms with Gasteiger partial charge < -0.3 is 15.4 Å². The average Bonchev–Trinajstić information content (AvgIpc) is 2.87. The van der Waals surface area contributed by atoms with Crippen LogP contribution in [0.15, 0.2) is 60.7 Å². The lowest BCUT2D eigenvalue weighted by Gasteiger charge is -2.27. The number of methoxy groups -OCH3 is 1. The number of nitrogens with zero attached hydrogens (tertiary/aromatic N) is 1. The predicted molar refractivity (Wildman–Crippen MR) is 128 cm³/mol. The number of amides is 4. The molecule has 4 rings (SSSR count). The van der Waals surface area contributed by atoms with E-state index in [-0.39, 0.29) is 49.2 Å². The van der Waals surface area contributed by atoms with E-state index < -0.39 is 11.9 Å². The highest BCUT2D eigenvalue weighted by atomic mass is 16.5. The van der Waals surface area contributed by atoms with Crippen LogP contribution in [0.25, 0.3) is 10.8 Å². The first kappa shape index (κ1) is 23.6. The van der Waals surface area contributed by atoms with Crippen molar-refractivity contribution in [3.63, 3.8) is 0 Å². The molecule has 1 heterocycles. The maximum absolute atomic E-state index is 12.9. The molecule has 1 aliphatic heterocycles. The van der Waals surface area contributed by atoms with Gasteiger partial charge in [0.05, 0.1) is 7.11 Å². The minimum absolute atomic E-state index is 0.0711. The van der Waals surface area contributed by atoms with Gasteiger partial charge in [-0.25, -0.2) is 0 Å². The molecule has 9 nitrogen and oxygen atoms in total. The standard InChI is InChI=1S/C26H23N3O6/c1-35-22(31)15-27-24(32)17-8-2-9-18(14-17)28-21(30)12-5-13-29-25(33)19-10-3-6-16-7-4-11-20(23(16)19)26(29)34/h2-4,6-11,14H,5,12-13,15H2,1H3,(H,27,32)(H,28,30). The molecule has 0 atom stereocenters. The Labute approximate surface area is 201 Å². The van der Waals surface area contributed by atoms with Crippen LogP contribution in [0.1, 0.15) is 43.9 Å². The molecule has 3 aromatic carbocycles. The summed E-state index contributed by atoms with van der Waals surface area (Å²) in [6.07, 6.45) is 0.350. The third-order valence-corrected chi connectivity index (χ3v) is 5.67. The Kier molecular flexibility index (Phi) is 6.86. The largest absolute Gasteiger partial charge is 0.468 e. The van der Waals surface area contributed by atoms with Gasteiger partial charge in [0.25, 0.3) is 17.7 Å². The molecule has 3 aromatic rings. The van der Waals surface area contributed by atoms with Gasteiger partial charge >= 0.3 is 5.97 Å². The lowest BCUT2D eigenvalue weighted by molar-refractivity contribution is -0.139. The molecule has 0 aromatic heterocycles. The molecule has 35 heavy (non-hydrogen) atoms. The van der Waals surface area contributed by atoms with Crippen molar-refractivity contribution in [3.8, 4) is 0 Å². The number of hydrogen-bond donors (Lipinski definition) is 2. The molecule has 0 unspecified atom stereocenters. The molecule has 0 aliphatic carbocycles. The summed E-state index contributed by atoms with van der Waals surface area (Å²) in [5.74, 6) is -2.12. The smallest absolute Gasteiger partial charge is 0.325 e. The van der Waals surface area contributed by atoms with Crippen molar-refractivity contribution in [2.24, 2.45) is 0 Å². The van der Waals surface area contributed by atoms with E-state index in [1.807, 2.05) is 12.1 Å². The quantitative estimate of drug-likeness (QED) is 0.383. The topological polar surface area (TPSA) is 122 Å². The predicted octanol–water partition coefficient (Wildman–Crippen LogP) is 2.76. The van der Waals surface area contributed by atoms with Crippen LogP contribution in [-0.4, -0.2) is 54.7 Å². The van der Waals surface area contributed by atoms with Crippen LogP contribution >= 0.6 is 0 Å². The van der Waals surface area contributed by atoms with E-state index in [2.05, 4.69) is 15.4 Å². The zero-order valence-electron chi connectivity index (χ0n) is 19.0. The number of ether oxygens (including phenoxy) is 1. The van der Waals surface area contributed by atoms with E-state index in [4.69, 9.17) is 0 Å². The van der Waals surface area contributed by atoms with E-state index in [0.717, 1.165) is 5.39 Å². The Hall–Kier alpha value is -4.53. The number of carbonyl (C=O) groups is 5. The number of esters is 1. The van der Waals surface area contributed by atoms with Gasteiger partial charge in [-0.1, -0.05) is 30.3 Å². The zero-order chi connectivity index (χ0) is 24.9. The highest BCUT2D eigenvalue weighted by Crippen LogP contribution is 2.30. The molecular formula is C26H23N3O6. The van der Waals surface area contributed by atoms with Gasteiger partial charge in [0, 0.05) is 40.7 Å². The van der Waals surface area contributed by atoms with Crippen molar-refractivity contribution in [1.82, 2.24) is 10.2 Å². The molecular weight excluding hydrogens is 450 g/mol. The van der Waals surface area contributed by atoms with Gasteiger partial charge in [-0.3, -0.25) is 28.9 Å². The van der Waals surface area contributed by atoms with Crippen LogP contribution in [0, 0.1) is 0 Å². The molecule has 0 fully saturated rings. The Morgan fingerprint density at radius 1 is 0.914 bits per heavy atom. The molecule has 4 amide bonds. The van der Waals surface area contributed by atoms with Crippen LogP contribution in [0.5, 0.6) is 0 Å². The highest BCUT2D eigenvalue weighted by molar-refractivity contribution is 6.25. The second-order valence-electron chi connectivity index (χ2n) is 7.96. The first-order valence-corrected chi connectivity index (χ1v) is 11.0. The van der Waals surface area contributed by atoms with Crippen molar-refractivity contribution in [1.29, 1.82) is 0 Å². The van der Waals surface area contributed by atoms with Gasteiger partial charge in [-0.2, -0.15) is 0 Å². The number of nitrogens with one attached hydrogen (secondary N) is 2. The number of anilines is 1. The number of rotatable bonds is 8. The maximum Gasteiger partial charge on any atom is 0.325 e. The summed E-state index contributed by atoms with van der Waals surface area (Å²) in [6.45, 7) is -0.162. The molecule has 0 spiro atoms. The summed E-state index contributed by atoms with van der Waals surface area (Å²) < 4.78 is 4.48. The zero-order valence-corrected chi connectivity index (χ0v) is 19.0. The highest BCUT2D eigenvalue weighted by Gasteiger charge is 2.32. The number of carbonyl (C=O) groups excluding carboxylic acids is 5. The summed E-state index contributed by atoms with van der Waals surface area (Å²) in [6, 6.07) is 17.0. The van der Waals surface area contributed by atoms with E-state index in [1.165, 1.54) is 18.1 Å². The summed E-state index contributed by atoms with van der Waals surface area (Å²) >= 11 is 0. The molecule has 9 heteroatoms. The van der Waals surface area contributed by atoms with Gasteiger partial charge in [0.1, 0.15) is 6.54 Å². The Balaban J connectivity index is 1.34. The molecule has 0 radical (unpaired) electrons. The Bertz CT molecular complexity index is 1300. The molecule has 0 saturated heterocycles. The fourth-order valence-corrected chi connectivity index (χ4v) is 3.97. The van der Waals surface area contributed by atoms with Crippen LogP contribution < -0.4 is 10.6 Å². The average molecular weight is 473 g/mol. The Morgan fingerprint density at radius 3 is 2.23 bits per heavy atom. The summed E-state index contributed by atoms with van der Waals surface area (Å²) in [5.41, 5.74) is 1.63. The minimum Gasteiger partial charge on any atom is -0.468 e. The third-order valence-electron chi connectivity index (χ3n) is 5.67.